The lowest BCUT2D eigenvalue weighted by Gasteiger charge is -2.10. The van der Waals surface area contributed by atoms with Crippen molar-refractivity contribution in [2.75, 3.05) is 24.3 Å². The van der Waals surface area contributed by atoms with Crippen molar-refractivity contribution in [3.8, 4) is 0 Å². The quantitative estimate of drug-likeness (QED) is 0.516. The number of rotatable bonds is 9. The molecule has 0 unspecified atom stereocenters. The van der Waals surface area contributed by atoms with Crippen molar-refractivity contribution in [2.45, 2.75) is 39.0 Å². The summed E-state index contributed by atoms with van der Waals surface area (Å²) in [7, 11) is 0. The van der Waals surface area contributed by atoms with E-state index in [1.165, 1.54) is 12.8 Å². The molecule has 0 saturated heterocycles. The van der Waals surface area contributed by atoms with Gasteiger partial charge < -0.3 is 15.8 Å². The maximum atomic E-state index is 11.8. The molecule has 0 spiro atoms. The number of halogens is 2. The molecule has 1 rings (SSSR count). The van der Waals surface area contributed by atoms with E-state index in [1.807, 2.05) is 0 Å². The molecule has 0 atom stereocenters. The van der Waals surface area contributed by atoms with E-state index in [9.17, 15) is 4.79 Å². The number of anilines is 2. The molecule has 0 aliphatic heterocycles. The van der Waals surface area contributed by atoms with E-state index in [0.29, 0.717) is 40.9 Å². The van der Waals surface area contributed by atoms with Gasteiger partial charge in [-0.3, -0.25) is 4.79 Å². The standard InChI is InChI=1S/C15H22Cl2N2O2/c1-2-3-4-7-21-8-5-6-14(20)19-15-12(16)9-11(18)10-13(15)17/h9-10H,2-8,18H2,1H3,(H,19,20). The van der Waals surface area contributed by atoms with Gasteiger partial charge in [-0.05, 0) is 25.0 Å². The Labute approximate surface area is 135 Å². The van der Waals surface area contributed by atoms with Gasteiger partial charge in [0.15, 0.2) is 0 Å². The summed E-state index contributed by atoms with van der Waals surface area (Å²) in [5, 5.41) is 3.38. The molecule has 1 amide bonds. The van der Waals surface area contributed by atoms with E-state index in [-0.39, 0.29) is 5.91 Å². The maximum Gasteiger partial charge on any atom is 0.224 e. The fraction of sp³-hybridized carbons (Fsp3) is 0.533. The Balaban J connectivity index is 2.28. The lowest BCUT2D eigenvalue weighted by molar-refractivity contribution is -0.116. The van der Waals surface area contributed by atoms with Gasteiger partial charge in [-0.1, -0.05) is 43.0 Å². The van der Waals surface area contributed by atoms with Crippen LogP contribution in [0.3, 0.4) is 0 Å². The van der Waals surface area contributed by atoms with Gasteiger partial charge in [0.05, 0.1) is 15.7 Å². The van der Waals surface area contributed by atoms with Crippen LogP contribution in [-0.4, -0.2) is 19.1 Å². The van der Waals surface area contributed by atoms with E-state index in [4.69, 9.17) is 33.7 Å². The highest BCUT2D eigenvalue weighted by Crippen LogP contribution is 2.32. The summed E-state index contributed by atoms with van der Waals surface area (Å²) in [6, 6.07) is 3.11. The first-order valence-corrected chi connectivity index (χ1v) is 7.92. The summed E-state index contributed by atoms with van der Waals surface area (Å²) >= 11 is 12.0. The second-order valence-electron chi connectivity index (χ2n) is 4.83. The van der Waals surface area contributed by atoms with E-state index in [0.717, 1.165) is 13.0 Å². The van der Waals surface area contributed by atoms with E-state index in [1.54, 1.807) is 12.1 Å². The Morgan fingerprint density at radius 3 is 2.43 bits per heavy atom. The summed E-state index contributed by atoms with van der Waals surface area (Å²) in [5.74, 6) is -0.138. The van der Waals surface area contributed by atoms with Crippen LogP contribution in [-0.2, 0) is 9.53 Å². The number of benzene rings is 1. The van der Waals surface area contributed by atoms with Crippen molar-refractivity contribution >= 4 is 40.5 Å². The molecule has 118 valence electrons. The molecule has 3 N–H and O–H groups in total. The van der Waals surface area contributed by atoms with Gasteiger partial charge in [0.2, 0.25) is 5.91 Å². The third-order valence-electron chi connectivity index (χ3n) is 2.91. The zero-order valence-corrected chi connectivity index (χ0v) is 13.8. The predicted molar refractivity (Wildman–Crippen MR) is 89.1 cm³/mol. The van der Waals surface area contributed by atoms with Crippen LogP contribution in [0.5, 0.6) is 0 Å². The molecule has 0 heterocycles. The Kier molecular flexibility index (Phi) is 8.50. The van der Waals surface area contributed by atoms with E-state index in [2.05, 4.69) is 12.2 Å². The van der Waals surface area contributed by atoms with E-state index < -0.39 is 0 Å². The smallest absolute Gasteiger partial charge is 0.224 e. The molecule has 0 aliphatic rings. The highest BCUT2D eigenvalue weighted by Gasteiger charge is 2.10. The van der Waals surface area contributed by atoms with Crippen molar-refractivity contribution in [3.63, 3.8) is 0 Å². The summed E-state index contributed by atoms with van der Waals surface area (Å²) in [4.78, 5) is 11.8. The zero-order chi connectivity index (χ0) is 15.7. The number of hydrogen-bond donors (Lipinski definition) is 2. The highest BCUT2D eigenvalue weighted by molar-refractivity contribution is 6.40. The number of hydrogen-bond acceptors (Lipinski definition) is 3. The van der Waals surface area contributed by atoms with Gasteiger partial charge in [0.25, 0.3) is 0 Å². The molecule has 6 heteroatoms. The van der Waals surface area contributed by atoms with Crippen LogP contribution < -0.4 is 11.1 Å². The van der Waals surface area contributed by atoms with Crippen molar-refractivity contribution in [1.29, 1.82) is 0 Å². The van der Waals surface area contributed by atoms with Crippen LogP contribution in [0.25, 0.3) is 0 Å². The zero-order valence-electron chi connectivity index (χ0n) is 12.3. The number of amides is 1. The number of ether oxygens (including phenoxy) is 1. The first-order valence-electron chi connectivity index (χ1n) is 7.16. The average Bonchev–Trinajstić information content (AvgIpc) is 2.42. The summed E-state index contributed by atoms with van der Waals surface area (Å²) < 4.78 is 5.45. The minimum Gasteiger partial charge on any atom is -0.399 e. The van der Waals surface area contributed by atoms with Crippen LogP contribution >= 0.6 is 23.2 Å². The Bertz CT molecular complexity index is 444. The van der Waals surface area contributed by atoms with Gasteiger partial charge >= 0.3 is 0 Å². The molecule has 0 fully saturated rings. The molecular formula is C15H22Cl2N2O2. The third kappa shape index (κ3) is 7.02. The molecule has 0 radical (unpaired) electrons. The molecule has 0 saturated carbocycles. The number of nitrogens with two attached hydrogens (primary N) is 1. The Morgan fingerprint density at radius 1 is 1.19 bits per heavy atom. The number of unbranched alkanes of at least 4 members (excludes halogenated alkanes) is 2. The second-order valence-corrected chi connectivity index (χ2v) is 5.65. The van der Waals surface area contributed by atoms with Crippen molar-refractivity contribution in [2.24, 2.45) is 0 Å². The van der Waals surface area contributed by atoms with Crippen LogP contribution in [0.2, 0.25) is 10.0 Å². The van der Waals surface area contributed by atoms with E-state index >= 15 is 0 Å². The summed E-state index contributed by atoms with van der Waals surface area (Å²) in [5.41, 5.74) is 6.47. The maximum absolute atomic E-state index is 11.8. The van der Waals surface area contributed by atoms with Crippen molar-refractivity contribution in [1.82, 2.24) is 0 Å². The van der Waals surface area contributed by atoms with Crippen molar-refractivity contribution in [3.05, 3.63) is 22.2 Å². The predicted octanol–water partition coefficient (Wildman–Crippen LogP) is 4.50. The van der Waals surface area contributed by atoms with Gasteiger partial charge in [-0.25, -0.2) is 0 Å². The number of carbonyl (C=O) groups excluding carboxylic acids is 1. The lowest BCUT2D eigenvalue weighted by atomic mass is 10.2. The Hall–Kier alpha value is -0.970. The largest absolute Gasteiger partial charge is 0.399 e. The van der Waals surface area contributed by atoms with Gasteiger partial charge in [0.1, 0.15) is 0 Å². The SMILES string of the molecule is CCCCCOCCCC(=O)Nc1c(Cl)cc(N)cc1Cl. The minimum atomic E-state index is -0.138. The first kappa shape index (κ1) is 18.1. The topological polar surface area (TPSA) is 64.3 Å². The van der Waals surface area contributed by atoms with Gasteiger partial charge in [-0.15, -0.1) is 0 Å². The van der Waals surface area contributed by atoms with Crippen molar-refractivity contribution < 1.29 is 9.53 Å². The van der Waals surface area contributed by atoms with Gasteiger partial charge in [-0.2, -0.15) is 0 Å². The lowest BCUT2D eigenvalue weighted by Crippen LogP contribution is -2.13. The summed E-state index contributed by atoms with van der Waals surface area (Å²) in [6.45, 7) is 3.49. The number of carbonyl (C=O) groups is 1. The van der Waals surface area contributed by atoms with Crippen LogP contribution in [0.4, 0.5) is 11.4 Å². The fourth-order valence-corrected chi connectivity index (χ4v) is 2.40. The Morgan fingerprint density at radius 2 is 1.81 bits per heavy atom. The highest BCUT2D eigenvalue weighted by atomic mass is 35.5. The summed E-state index contributed by atoms with van der Waals surface area (Å²) in [6.07, 6.45) is 4.45. The first-order chi connectivity index (χ1) is 10.0. The molecule has 0 aliphatic carbocycles. The molecule has 4 nitrogen and oxygen atoms in total. The number of nitrogens with one attached hydrogen (secondary N) is 1. The third-order valence-corrected chi connectivity index (χ3v) is 3.51. The van der Waals surface area contributed by atoms with Gasteiger partial charge in [0, 0.05) is 25.3 Å². The van der Waals surface area contributed by atoms with Crippen LogP contribution in [0.1, 0.15) is 39.0 Å². The van der Waals surface area contributed by atoms with Crippen LogP contribution in [0.15, 0.2) is 12.1 Å². The van der Waals surface area contributed by atoms with Crippen LogP contribution in [0, 0.1) is 0 Å². The average molecular weight is 333 g/mol. The molecule has 1 aromatic carbocycles. The number of nitrogen functional groups attached to an aromatic ring is 1. The molecule has 1 aromatic rings. The molecular weight excluding hydrogens is 311 g/mol. The second kappa shape index (κ2) is 9.87. The minimum absolute atomic E-state index is 0.138. The molecule has 0 aromatic heterocycles. The normalized spacial score (nSPS) is 10.6. The molecule has 0 bridgehead atoms. The molecule has 21 heavy (non-hydrogen) atoms. The monoisotopic (exact) mass is 332 g/mol. The fourth-order valence-electron chi connectivity index (χ4n) is 1.81.